The Kier molecular flexibility index (Phi) is 6.34. The van der Waals surface area contributed by atoms with E-state index in [9.17, 15) is 0 Å². The summed E-state index contributed by atoms with van der Waals surface area (Å²) < 4.78 is 0. The average molecular weight is 240 g/mol. The van der Waals surface area contributed by atoms with Gasteiger partial charge in [0.1, 0.15) is 0 Å². The molecule has 1 heterocycles. The quantitative estimate of drug-likeness (QED) is 0.583. The van der Waals surface area contributed by atoms with E-state index in [-0.39, 0.29) is 0 Å². The first-order valence-corrected chi connectivity index (χ1v) is 6.98. The summed E-state index contributed by atoms with van der Waals surface area (Å²) in [7, 11) is 0. The molecule has 1 aliphatic rings. The van der Waals surface area contributed by atoms with Crippen molar-refractivity contribution in [3.05, 3.63) is 0 Å². The summed E-state index contributed by atoms with van der Waals surface area (Å²) in [4.78, 5) is 9.17. The van der Waals surface area contributed by atoms with Gasteiger partial charge >= 0.3 is 0 Å². The molecule has 0 aromatic carbocycles. The second kappa shape index (κ2) is 7.54. The minimum absolute atomic E-state index is 0.692. The zero-order valence-corrected chi connectivity index (χ0v) is 11.7. The Morgan fingerprint density at radius 2 is 2.06 bits per heavy atom. The number of nitrogens with two attached hydrogens (primary N) is 1. The van der Waals surface area contributed by atoms with Gasteiger partial charge in [0.15, 0.2) is 5.96 Å². The second-order valence-corrected chi connectivity index (χ2v) is 4.77. The maximum atomic E-state index is 5.99. The summed E-state index contributed by atoms with van der Waals surface area (Å²) in [6, 6.07) is 0. The molecule has 17 heavy (non-hydrogen) atoms. The van der Waals surface area contributed by atoms with Gasteiger partial charge in [-0.25, -0.2) is 0 Å². The van der Waals surface area contributed by atoms with Crippen LogP contribution in [-0.2, 0) is 0 Å². The van der Waals surface area contributed by atoms with Gasteiger partial charge in [-0.2, -0.15) is 0 Å². The van der Waals surface area contributed by atoms with Crippen LogP contribution < -0.4 is 5.73 Å². The summed E-state index contributed by atoms with van der Waals surface area (Å²) in [6.07, 6.45) is 2.60. The molecule has 0 saturated carbocycles. The Balaban J connectivity index is 2.40. The normalized spacial score (nSPS) is 22.8. The maximum absolute atomic E-state index is 5.99. The zero-order valence-electron chi connectivity index (χ0n) is 11.7. The molecule has 0 aromatic heterocycles. The smallest absolute Gasteiger partial charge is 0.191 e. The van der Waals surface area contributed by atoms with Crippen molar-refractivity contribution in [3.8, 4) is 0 Å². The van der Waals surface area contributed by atoms with E-state index < -0.39 is 0 Å². The Labute approximate surface area is 106 Å². The number of hydrogen-bond donors (Lipinski definition) is 1. The molecule has 1 saturated heterocycles. The highest BCUT2D eigenvalue weighted by atomic mass is 15.2. The van der Waals surface area contributed by atoms with Crippen LogP contribution in [-0.4, -0.2) is 55.0 Å². The molecule has 1 fully saturated rings. The van der Waals surface area contributed by atoms with Crippen LogP contribution in [0.25, 0.3) is 0 Å². The van der Waals surface area contributed by atoms with E-state index in [4.69, 9.17) is 5.73 Å². The second-order valence-electron chi connectivity index (χ2n) is 4.77. The van der Waals surface area contributed by atoms with Gasteiger partial charge in [0.05, 0.1) is 0 Å². The summed E-state index contributed by atoms with van der Waals surface area (Å²) in [5, 5.41) is 0. The van der Waals surface area contributed by atoms with E-state index in [0.717, 1.165) is 26.2 Å². The molecule has 0 bridgehead atoms. The van der Waals surface area contributed by atoms with E-state index in [0.29, 0.717) is 11.9 Å². The molecule has 1 atom stereocenters. The molecule has 0 radical (unpaired) electrons. The Morgan fingerprint density at radius 1 is 1.35 bits per heavy atom. The van der Waals surface area contributed by atoms with Crippen LogP contribution >= 0.6 is 0 Å². The molecule has 100 valence electrons. The molecule has 1 unspecified atom stereocenters. The highest BCUT2D eigenvalue weighted by Gasteiger charge is 2.18. The van der Waals surface area contributed by atoms with Crippen molar-refractivity contribution in [2.24, 2.45) is 16.6 Å². The lowest BCUT2D eigenvalue weighted by molar-refractivity contribution is 0.186. The van der Waals surface area contributed by atoms with Crippen LogP contribution in [0.1, 0.15) is 33.6 Å². The number of piperidine rings is 1. The predicted octanol–water partition coefficient (Wildman–Crippen LogP) is 1.37. The maximum Gasteiger partial charge on any atom is 0.191 e. The lowest BCUT2D eigenvalue weighted by atomic mass is 9.98. The topological polar surface area (TPSA) is 44.9 Å². The fraction of sp³-hybridized carbons (Fsp3) is 0.923. The van der Waals surface area contributed by atoms with Gasteiger partial charge in [0, 0.05) is 26.2 Å². The third-order valence-corrected chi connectivity index (χ3v) is 3.65. The molecule has 2 N–H and O–H groups in total. The van der Waals surface area contributed by atoms with E-state index in [1.54, 1.807) is 0 Å². The van der Waals surface area contributed by atoms with E-state index >= 15 is 0 Å². The van der Waals surface area contributed by atoms with Crippen molar-refractivity contribution in [3.63, 3.8) is 0 Å². The number of guanidine groups is 1. The molecular formula is C13H28N4. The van der Waals surface area contributed by atoms with Gasteiger partial charge in [-0.3, -0.25) is 4.99 Å². The number of nitrogens with zero attached hydrogens (tertiary/aromatic N) is 3. The standard InChI is InChI=1S/C13H28N4/c1-4-16-9-7-8-12(11-16)10-15-13(14)17(5-2)6-3/h12H,4-11H2,1-3H3,(H2,14,15). The molecule has 4 heteroatoms. The average Bonchev–Trinajstić information content (AvgIpc) is 2.38. The third-order valence-electron chi connectivity index (χ3n) is 3.65. The highest BCUT2D eigenvalue weighted by molar-refractivity contribution is 5.77. The van der Waals surface area contributed by atoms with Crippen LogP contribution in [0, 0.1) is 5.92 Å². The lowest BCUT2D eigenvalue weighted by Crippen LogP contribution is -2.39. The number of aliphatic imine (C=N–C) groups is 1. The molecule has 4 nitrogen and oxygen atoms in total. The van der Waals surface area contributed by atoms with Crippen LogP contribution in [0.2, 0.25) is 0 Å². The number of rotatable bonds is 5. The van der Waals surface area contributed by atoms with Crippen molar-refractivity contribution >= 4 is 5.96 Å². The first kappa shape index (κ1) is 14.3. The van der Waals surface area contributed by atoms with E-state index in [1.807, 2.05) is 0 Å². The zero-order chi connectivity index (χ0) is 12.7. The van der Waals surface area contributed by atoms with Crippen LogP contribution in [0.3, 0.4) is 0 Å². The van der Waals surface area contributed by atoms with Crippen LogP contribution in [0.5, 0.6) is 0 Å². The lowest BCUT2D eigenvalue weighted by Gasteiger charge is -2.31. The fourth-order valence-corrected chi connectivity index (χ4v) is 2.46. The molecule has 0 amide bonds. The summed E-state index contributed by atoms with van der Waals surface area (Å²) in [5.74, 6) is 1.40. The van der Waals surface area contributed by atoms with Gasteiger partial charge in [-0.05, 0) is 45.7 Å². The van der Waals surface area contributed by atoms with Crippen molar-refractivity contribution in [1.29, 1.82) is 0 Å². The summed E-state index contributed by atoms with van der Waals surface area (Å²) in [5.41, 5.74) is 5.99. The Morgan fingerprint density at radius 3 is 2.65 bits per heavy atom. The predicted molar refractivity (Wildman–Crippen MR) is 74.2 cm³/mol. The van der Waals surface area contributed by atoms with E-state index in [2.05, 4.69) is 35.6 Å². The monoisotopic (exact) mass is 240 g/mol. The van der Waals surface area contributed by atoms with Crippen molar-refractivity contribution < 1.29 is 0 Å². The number of hydrogen-bond acceptors (Lipinski definition) is 2. The summed E-state index contributed by atoms with van der Waals surface area (Å²) in [6.45, 7) is 12.8. The SMILES string of the molecule is CCN1CCCC(CN=C(N)N(CC)CC)C1. The molecular weight excluding hydrogens is 212 g/mol. The van der Waals surface area contributed by atoms with Crippen molar-refractivity contribution in [2.75, 3.05) is 39.3 Å². The summed E-state index contributed by atoms with van der Waals surface area (Å²) >= 11 is 0. The molecule has 0 aromatic rings. The molecule has 0 spiro atoms. The minimum Gasteiger partial charge on any atom is -0.370 e. The van der Waals surface area contributed by atoms with Crippen molar-refractivity contribution in [1.82, 2.24) is 9.80 Å². The first-order valence-electron chi connectivity index (χ1n) is 6.98. The highest BCUT2D eigenvalue weighted by Crippen LogP contribution is 2.16. The van der Waals surface area contributed by atoms with Gasteiger partial charge in [-0.15, -0.1) is 0 Å². The fourth-order valence-electron chi connectivity index (χ4n) is 2.46. The van der Waals surface area contributed by atoms with Gasteiger partial charge < -0.3 is 15.5 Å². The first-order chi connectivity index (χ1) is 8.21. The molecule has 0 aliphatic carbocycles. The molecule has 1 rings (SSSR count). The largest absolute Gasteiger partial charge is 0.370 e. The third kappa shape index (κ3) is 4.54. The minimum atomic E-state index is 0.692. The van der Waals surface area contributed by atoms with Crippen LogP contribution in [0.4, 0.5) is 0 Å². The van der Waals surface area contributed by atoms with Crippen LogP contribution in [0.15, 0.2) is 4.99 Å². The van der Waals surface area contributed by atoms with Crippen molar-refractivity contribution in [2.45, 2.75) is 33.6 Å². The number of likely N-dealkylation sites (tertiary alicyclic amines) is 1. The Bertz CT molecular complexity index is 236. The van der Waals surface area contributed by atoms with Gasteiger partial charge in [0.25, 0.3) is 0 Å². The van der Waals surface area contributed by atoms with Gasteiger partial charge in [0.2, 0.25) is 0 Å². The molecule has 1 aliphatic heterocycles. The van der Waals surface area contributed by atoms with Gasteiger partial charge in [-0.1, -0.05) is 6.92 Å². The van der Waals surface area contributed by atoms with E-state index in [1.165, 1.54) is 25.9 Å². The Hall–Kier alpha value is -0.770.